The van der Waals surface area contributed by atoms with Crippen LogP contribution in [0.2, 0.25) is 0 Å². The molecule has 0 N–H and O–H groups in total. The van der Waals surface area contributed by atoms with Crippen LogP contribution in [-0.4, -0.2) is 6.61 Å². The quantitative estimate of drug-likeness (QED) is 0.0446. The zero-order valence-corrected chi connectivity index (χ0v) is 47.7. The number of hydrogen-bond donors (Lipinski definition) is 0. The first-order valence-electron chi connectivity index (χ1n) is 26.0. The van der Waals surface area contributed by atoms with E-state index in [4.69, 9.17) is 0 Å². The average molecular weight is 992 g/mol. The molecule has 392 valence electrons. The van der Waals surface area contributed by atoms with Gasteiger partial charge in [-0.25, -0.2) is 0 Å². The highest BCUT2D eigenvalue weighted by Gasteiger charge is 2.10. The number of phosphoric acid groups is 2. The lowest BCUT2D eigenvalue weighted by molar-refractivity contribution is -0.339. The summed E-state index contributed by atoms with van der Waals surface area (Å²) in [7, 11) is -10.9. The number of hydrogen-bond acceptors (Lipinski definition) is 7. The maximum absolute atomic E-state index is 11.3. The Balaban J connectivity index is 4.32. The van der Waals surface area contributed by atoms with Gasteiger partial charge in [0.25, 0.3) is 7.82 Å². The summed E-state index contributed by atoms with van der Waals surface area (Å²) in [6.45, 7) is 28.3. The van der Waals surface area contributed by atoms with Crippen LogP contribution in [0.4, 0.5) is 0 Å². The van der Waals surface area contributed by atoms with Crippen LogP contribution in [0.15, 0.2) is 140 Å². The van der Waals surface area contributed by atoms with Crippen LogP contribution in [-0.2, 0) is 18.0 Å². The van der Waals surface area contributed by atoms with Crippen LogP contribution in [0, 0.1) is 0 Å². The van der Waals surface area contributed by atoms with Gasteiger partial charge in [0.15, 0.2) is 0 Å². The second-order valence-corrected chi connectivity index (χ2v) is 22.7. The molecule has 0 saturated carbocycles. The fraction of sp³-hybridized carbons (Fsp3) is 0.600. The summed E-state index contributed by atoms with van der Waals surface area (Å²) in [5.74, 6) is 0. The third kappa shape index (κ3) is 44.8. The molecule has 0 aliphatic carbocycles. The van der Waals surface area contributed by atoms with E-state index in [2.05, 4.69) is 159 Å². The maximum atomic E-state index is 11.3. The summed E-state index contributed by atoms with van der Waals surface area (Å²) >= 11 is 0. The van der Waals surface area contributed by atoms with Crippen LogP contribution in [0.3, 0.4) is 0 Å². The summed E-state index contributed by atoms with van der Waals surface area (Å²) in [6, 6.07) is 0. The van der Waals surface area contributed by atoms with Gasteiger partial charge in [0.05, 0.1) is 14.4 Å². The molecule has 69 heavy (non-hydrogen) atoms. The number of rotatable bonds is 38. The van der Waals surface area contributed by atoms with E-state index in [0.29, 0.717) is 6.42 Å². The molecular weight excluding hydrogens is 895 g/mol. The first-order valence-corrected chi connectivity index (χ1v) is 28.9. The van der Waals surface area contributed by atoms with E-state index in [0.717, 1.165) is 128 Å². The van der Waals surface area contributed by atoms with Gasteiger partial charge >= 0.3 is 0 Å². The highest BCUT2D eigenvalue weighted by atomic mass is 31.3. The second-order valence-electron chi connectivity index (χ2n) is 20.0. The molecule has 1 unspecified atom stereocenters. The highest BCUT2D eigenvalue weighted by Crippen LogP contribution is 2.50. The molecule has 0 aromatic heterocycles. The third-order valence-electron chi connectivity index (χ3n) is 12.3. The summed E-state index contributed by atoms with van der Waals surface area (Å²) in [4.78, 5) is 32.3. The van der Waals surface area contributed by atoms with Gasteiger partial charge in [-0.3, -0.25) is 8.88 Å². The minimum atomic E-state index is -5.67. The molecule has 0 aromatic carbocycles. The SMILES string of the molecule is CC(C)=CCC/C(C)=C/CC/C(C)=C\CC/C(C)=C\CC/C(C)=C\CC/C(C)=C\CC/C(C)=C\CC/C(C)=C\CC/C(C)=C\CC/C(C)=C\CC/C(C)=C\CC/C(C)=C\COP(=O)([O-])OP(=O)([O-])[O-]. The Morgan fingerprint density at radius 2 is 0.478 bits per heavy atom. The monoisotopic (exact) mass is 992 g/mol. The Bertz CT molecular complexity index is 1960. The van der Waals surface area contributed by atoms with Crippen molar-refractivity contribution < 1.29 is 32.6 Å². The van der Waals surface area contributed by atoms with Crippen LogP contribution in [0.1, 0.15) is 231 Å². The molecule has 0 aromatic rings. The van der Waals surface area contributed by atoms with Crippen molar-refractivity contribution in [1.29, 1.82) is 0 Å². The largest absolute Gasteiger partial charge is 0.790 e. The summed E-state index contributed by atoms with van der Waals surface area (Å²) in [6.07, 6.45) is 51.7. The van der Waals surface area contributed by atoms with E-state index in [1.54, 1.807) is 0 Å². The molecule has 0 aliphatic rings. The molecule has 7 nitrogen and oxygen atoms in total. The second kappa shape index (κ2) is 39.7. The van der Waals surface area contributed by atoms with Crippen LogP contribution < -0.4 is 14.7 Å². The van der Waals surface area contributed by atoms with Gasteiger partial charge in [-0.15, -0.1) is 0 Å². The Kier molecular flexibility index (Phi) is 38.1. The first-order chi connectivity index (χ1) is 32.5. The lowest BCUT2D eigenvalue weighted by atomic mass is 10.0. The molecule has 0 spiro atoms. The maximum Gasteiger partial charge on any atom is 0.272 e. The molecule has 0 saturated heterocycles. The van der Waals surface area contributed by atoms with Crippen molar-refractivity contribution in [2.24, 2.45) is 0 Å². The van der Waals surface area contributed by atoms with Crippen molar-refractivity contribution >= 4 is 15.6 Å². The molecule has 0 bridgehead atoms. The van der Waals surface area contributed by atoms with Crippen LogP contribution in [0.5, 0.6) is 0 Å². The van der Waals surface area contributed by atoms with Crippen LogP contribution in [0.25, 0.3) is 0 Å². The lowest BCUT2D eigenvalue weighted by Gasteiger charge is -2.34. The fourth-order valence-electron chi connectivity index (χ4n) is 7.59. The third-order valence-corrected chi connectivity index (χ3v) is 14.3. The van der Waals surface area contributed by atoms with Crippen molar-refractivity contribution in [3.8, 4) is 0 Å². The Labute approximate surface area is 424 Å². The van der Waals surface area contributed by atoms with E-state index in [-0.39, 0.29) is 0 Å². The van der Waals surface area contributed by atoms with Gasteiger partial charge in [-0.05, 0) is 231 Å². The predicted molar refractivity (Wildman–Crippen MR) is 295 cm³/mol. The molecule has 0 radical (unpaired) electrons. The van der Waals surface area contributed by atoms with E-state index in [9.17, 15) is 23.8 Å². The standard InChI is InChI=1S/C60H100O7P2/c1-49(2)25-14-26-50(3)27-15-28-51(4)29-16-30-52(5)31-17-32-53(6)33-18-34-54(7)35-19-36-55(8)37-20-38-56(9)39-21-40-57(10)41-22-42-58(11)43-23-44-59(12)45-24-46-60(13)47-48-66-69(64,65)67-68(61,62)63/h25,27,29,31,33,35,37,39,41,43,45,47H,14-24,26,28,30,32,34,36,38,40,42,44,46,48H2,1-13H3,(H,64,65)(H2,61,62,63)/p-3/b50-27+,51-29-,52-31-,53-33-,54-35-,55-37-,56-39-,57-41-,58-43-,59-45-,60-47-. The van der Waals surface area contributed by atoms with Crippen molar-refractivity contribution in [2.75, 3.05) is 6.61 Å². The fourth-order valence-corrected chi connectivity index (χ4v) is 9.02. The first kappa shape index (κ1) is 66.1. The van der Waals surface area contributed by atoms with E-state index in [1.807, 2.05) is 6.92 Å². The molecule has 0 amide bonds. The minimum absolute atomic E-state index is 0.392. The molecule has 1 atom stereocenters. The van der Waals surface area contributed by atoms with Gasteiger partial charge < -0.3 is 23.8 Å². The highest BCUT2D eigenvalue weighted by molar-refractivity contribution is 7.58. The molecule has 0 rings (SSSR count). The molecule has 0 aliphatic heterocycles. The van der Waals surface area contributed by atoms with Crippen molar-refractivity contribution in [2.45, 2.75) is 231 Å². The predicted octanol–water partition coefficient (Wildman–Crippen LogP) is 18.3. The van der Waals surface area contributed by atoms with Gasteiger partial charge in [-0.1, -0.05) is 140 Å². The van der Waals surface area contributed by atoms with Crippen molar-refractivity contribution in [1.82, 2.24) is 0 Å². The van der Waals surface area contributed by atoms with Crippen molar-refractivity contribution in [3.05, 3.63) is 140 Å². The van der Waals surface area contributed by atoms with Gasteiger partial charge in [0.2, 0.25) is 0 Å². The molecule has 0 fully saturated rings. The van der Waals surface area contributed by atoms with E-state index >= 15 is 0 Å². The molecular formula is C60H97O7P2-3. The van der Waals surface area contributed by atoms with Gasteiger partial charge in [0.1, 0.15) is 0 Å². The normalized spacial score (nSPS) is 15.9. The van der Waals surface area contributed by atoms with E-state index in [1.165, 1.54) is 80.2 Å². The Hall–Kier alpha value is -2.86. The lowest BCUT2D eigenvalue weighted by Crippen LogP contribution is -2.19. The minimum Gasteiger partial charge on any atom is -0.790 e. The summed E-state index contributed by atoms with van der Waals surface area (Å²) in [5.41, 5.74) is 17.0. The average Bonchev–Trinajstić information content (AvgIpc) is 3.22. The topological polar surface area (TPSA) is 122 Å². The zero-order chi connectivity index (χ0) is 52.1. The smallest absolute Gasteiger partial charge is 0.272 e. The zero-order valence-electron chi connectivity index (χ0n) is 45.9. The summed E-state index contributed by atoms with van der Waals surface area (Å²) < 4.78 is 29.7. The van der Waals surface area contributed by atoms with Crippen LogP contribution >= 0.6 is 15.6 Å². The Morgan fingerprint density at radius 1 is 0.304 bits per heavy atom. The molecule has 0 heterocycles. The summed E-state index contributed by atoms with van der Waals surface area (Å²) in [5, 5.41) is 0. The molecule has 9 heteroatoms. The van der Waals surface area contributed by atoms with E-state index < -0.39 is 22.3 Å². The number of allylic oxidation sites excluding steroid dienone is 23. The number of phosphoric ester groups is 1. The van der Waals surface area contributed by atoms with Gasteiger partial charge in [0, 0.05) is 0 Å². The van der Waals surface area contributed by atoms with Gasteiger partial charge in [-0.2, -0.15) is 0 Å². The Morgan fingerprint density at radius 3 is 0.652 bits per heavy atom. The van der Waals surface area contributed by atoms with Crippen molar-refractivity contribution in [3.63, 3.8) is 0 Å².